The highest BCUT2D eigenvalue weighted by Gasteiger charge is 2.10. The van der Waals surface area contributed by atoms with E-state index in [1.54, 1.807) is 48.7 Å². The third-order valence-corrected chi connectivity index (χ3v) is 4.60. The molecule has 0 atom stereocenters. The molecule has 0 spiro atoms. The van der Waals surface area contributed by atoms with Crippen molar-refractivity contribution in [1.29, 1.82) is 0 Å². The third kappa shape index (κ3) is 4.83. The summed E-state index contributed by atoms with van der Waals surface area (Å²) in [4.78, 5) is 16.5. The van der Waals surface area contributed by atoms with Crippen molar-refractivity contribution in [2.75, 3.05) is 17.2 Å². The van der Waals surface area contributed by atoms with Gasteiger partial charge in [-0.1, -0.05) is 35.9 Å². The largest absolute Gasteiger partial charge is 0.383 e. The Balaban J connectivity index is 1.57. The van der Waals surface area contributed by atoms with Crippen molar-refractivity contribution in [1.82, 2.24) is 4.98 Å². The van der Waals surface area contributed by atoms with Gasteiger partial charge in [0.05, 0.1) is 11.9 Å². The maximum absolute atomic E-state index is 13.6. The number of hydrogen-bond donors (Lipinski definition) is 2. The lowest BCUT2D eigenvalue weighted by molar-refractivity contribution is 0.102. The molecular weight excluding hydrogens is 365 g/mol. The van der Waals surface area contributed by atoms with Crippen LogP contribution in [0.15, 0.2) is 60.8 Å². The fourth-order valence-corrected chi connectivity index (χ4v) is 2.78. The highest BCUT2D eigenvalue weighted by Crippen LogP contribution is 2.23. The van der Waals surface area contributed by atoms with Crippen LogP contribution in [0.2, 0.25) is 5.02 Å². The Labute approximate surface area is 162 Å². The standard InChI is InChI=1S/C21H19ClFN3O/c1-14-17(22)6-4-8-19(14)26-21(27)20-10-9-16(13-25-20)24-12-11-15-5-2-3-7-18(15)23/h2-10,13,24H,11-12H2,1H3,(H,26,27). The van der Waals surface area contributed by atoms with Crippen LogP contribution in [0.1, 0.15) is 21.6 Å². The lowest BCUT2D eigenvalue weighted by Crippen LogP contribution is -2.15. The van der Waals surface area contributed by atoms with E-state index in [4.69, 9.17) is 11.6 Å². The van der Waals surface area contributed by atoms with E-state index < -0.39 is 0 Å². The second-order valence-corrected chi connectivity index (χ2v) is 6.47. The Kier molecular flexibility index (Phi) is 6.04. The van der Waals surface area contributed by atoms with Crippen LogP contribution < -0.4 is 10.6 Å². The number of aromatic nitrogens is 1. The molecule has 2 N–H and O–H groups in total. The molecule has 0 saturated carbocycles. The van der Waals surface area contributed by atoms with Crippen molar-refractivity contribution in [3.8, 4) is 0 Å². The highest BCUT2D eigenvalue weighted by atomic mass is 35.5. The monoisotopic (exact) mass is 383 g/mol. The lowest BCUT2D eigenvalue weighted by Gasteiger charge is -2.10. The summed E-state index contributed by atoms with van der Waals surface area (Å²) in [6.07, 6.45) is 2.14. The van der Waals surface area contributed by atoms with Gasteiger partial charge in [-0.3, -0.25) is 4.79 Å². The maximum Gasteiger partial charge on any atom is 0.274 e. The number of amides is 1. The van der Waals surface area contributed by atoms with Gasteiger partial charge in [-0.2, -0.15) is 0 Å². The van der Waals surface area contributed by atoms with E-state index in [-0.39, 0.29) is 11.7 Å². The molecule has 3 aromatic rings. The molecule has 1 amide bonds. The number of rotatable bonds is 6. The number of anilines is 2. The van der Waals surface area contributed by atoms with E-state index in [1.807, 2.05) is 13.0 Å². The average molecular weight is 384 g/mol. The summed E-state index contributed by atoms with van der Waals surface area (Å²) >= 11 is 6.07. The zero-order valence-electron chi connectivity index (χ0n) is 14.8. The Morgan fingerprint density at radius 3 is 2.67 bits per heavy atom. The van der Waals surface area contributed by atoms with Crippen molar-refractivity contribution >= 4 is 28.9 Å². The molecule has 138 valence electrons. The van der Waals surface area contributed by atoms with Crippen molar-refractivity contribution < 1.29 is 9.18 Å². The fourth-order valence-electron chi connectivity index (χ4n) is 2.60. The Morgan fingerprint density at radius 1 is 1.11 bits per heavy atom. The summed E-state index contributed by atoms with van der Waals surface area (Å²) in [7, 11) is 0. The van der Waals surface area contributed by atoms with Gasteiger partial charge >= 0.3 is 0 Å². The van der Waals surface area contributed by atoms with Crippen molar-refractivity contribution in [2.45, 2.75) is 13.3 Å². The molecule has 0 radical (unpaired) electrons. The van der Waals surface area contributed by atoms with E-state index >= 15 is 0 Å². The van der Waals surface area contributed by atoms with E-state index in [0.29, 0.717) is 34.9 Å². The molecule has 4 nitrogen and oxygen atoms in total. The van der Waals surface area contributed by atoms with Crippen LogP contribution in [-0.4, -0.2) is 17.4 Å². The van der Waals surface area contributed by atoms with Gasteiger partial charge in [-0.15, -0.1) is 0 Å². The predicted molar refractivity (Wildman–Crippen MR) is 107 cm³/mol. The van der Waals surface area contributed by atoms with E-state index in [0.717, 1.165) is 11.3 Å². The summed E-state index contributed by atoms with van der Waals surface area (Å²) in [6, 6.07) is 15.5. The number of pyridine rings is 1. The third-order valence-electron chi connectivity index (χ3n) is 4.19. The molecule has 0 unspecified atom stereocenters. The second kappa shape index (κ2) is 8.64. The summed E-state index contributed by atoms with van der Waals surface area (Å²) in [6.45, 7) is 2.41. The van der Waals surface area contributed by atoms with Gasteiger partial charge < -0.3 is 10.6 Å². The average Bonchev–Trinajstić information content (AvgIpc) is 2.67. The lowest BCUT2D eigenvalue weighted by atomic mass is 10.1. The zero-order chi connectivity index (χ0) is 19.2. The summed E-state index contributed by atoms with van der Waals surface area (Å²) in [5, 5.41) is 6.58. The van der Waals surface area contributed by atoms with Crippen LogP contribution in [0.25, 0.3) is 0 Å². The predicted octanol–water partition coefficient (Wildman–Crippen LogP) is 5.09. The number of nitrogens with zero attached hydrogens (tertiary/aromatic N) is 1. The number of benzene rings is 2. The van der Waals surface area contributed by atoms with Gasteiger partial charge in [0.2, 0.25) is 0 Å². The van der Waals surface area contributed by atoms with Crippen LogP contribution in [0, 0.1) is 12.7 Å². The molecule has 1 heterocycles. The van der Waals surface area contributed by atoms with Crippen molar-refractivity contribution in [3.05, 3.63) is 88.5 Å². The number of carbonyl (C=O) groups excluding carboxylic acids is 1. The van der Waals surface area contributed by atoms with Crippen molar-refractivity contribution in [2.24, 2.45) is 0 Å². The summed E-state index contributed by atoms with van der Waals surface area (Å²) in [5.41, 5.74) is 3.18. The Morgan fingerprint density at radius 2 is 1.93 bits per heavy atom. The smallest absolute Gasteiger partial charge is 0.274 e. The molecule has 3 rings (SSSR count). The minimum absolute atomic E-state index is 0.208. The first-order chi connectivity index (χ1) is 13.0. The molecule has 0 saturated heterocycles. The van der Waals surface area contributed by atoms with Crippen LogP contribution in [-0.2, 0) is 6.42 Å². The molecule has 0 aliphatic carbocycles. The van der Waals surface area contributed by atoms with E-state index in [9.17, 15) is 9.18 Å². The number of carbonyl (C=O) groups is 1. The quantitative estimate of drug-likeness (QED) is 0.623. The topological polar surface area (TPSA) is 54.0 Å². The van der Waals surface area contributed by atoms with Crippen LogP contribution in [0.4, 0.5) is 15.8 Å². The van der Waals surface area contributed by atoms with Crippen LogP contribution in [0.3, 0.4) is 0 Å². The molecule has 0 aliphatic rings. The van der Waals surface area contributed by atoms with Gasteiger partial charge in [0.1, 0.15) is 11.5 Å². The first kappa shape index (κ1) is 18.9. The highest BCUT2D eigenvalue weighted by molar-refractivity contribution is 6.31. The second-order valence-electron chi connectivity index (χ2n) is 6.07. The van der Waals surface area contributed by atoms with Gasteiger partial charge in [0.15, 0.2) is 0 Å². The number of halogens is 2. The van der Waals surface area contributed by atoms with Gasteiger partial charge in [0, 0.05) is 17.3 Å². The Bertz CT molecular complexity index is 944. The molecule has 0 aliphatic heterocycles. The molecular formula is C21H19ClFN3O. The first-order valence-corrected chi connectivity index (χ1v) is 8.92. The molecule has 0 bridgehead atoms. The van der Waals surface area contributed by atoms with E-state index in [2.05, 4.69) is 15.6 Å². The molecule has 0 fully saturated rings. The zero-order valence-corrected chi connectivity index (χ0v) is 15.6. The fraction of sp³-hybridized carbons (Fsp3) is 0.143. The normalized spacial score (nSPS) is 10.5. The van der Waals surface area contributed by atoms with E-state index in [1.165, 1.54) is 6.07 Å². The van der Waals surface area contributed by atoms with Crippen molar-refractivity contribution in [3.63, 3.8) is 0 Å². The Hall–Kier alpha value is -2.92. The first-order valence-electron chi connectivity index (χ1n) is 8.54. The number of hydrogen-bond acceptors (Lipinski definition) is 3. The SMILES string of the molecule is Cc1c(Cl)cccc1NC(=O)c1ccc(NCCc2ccccc2F)cn1. The van der Waals surface area contributed by atoms with Gasteiger partial charge in [-0.05, 0) is 54.8 Å². The number of nitrogens with one attached hydrogen (secondary N) is 2. The summed E-state index contributed by atoms with van der Waals surface area (Å²) in [5.74, 6) is -0.515. The summed E-state index contributed by atoms with van der Waals surface area (Å²) < 4.78 is 13.6. The maximum atomic E-state index is 13.6. The van der Waals surface area contributed by atoms with Crippen LogP contribution in [0.5, 0.6) is 0 Å². The molecule has 1 aromatic heterocycles. The molecule has 6 heteroatoms. The molecule has 27 heavy (non-hydrogen) atoms. The molecule has 2 aromatic carbocycles. The van der Waals surface area contributed by atoms with Gasteiger partial charge in [0.25, 0.3) is 5.91 Å². The minimum Gasteiger partial charge on any atom is -0.383 e. The van der Waals surface area contributed by atoms with Crippen LogP contribution >= 0.6 is 11.6 Å². The minimum atomic E-state index is -0.307. The van der Waals surface area contributed by atoms with Gasteiger partial charge in [-0.25, -0.2) is 9.37 Å².